The largest absolute Gasteiger partial charge is 0.491 e. The van der Waals surface area contributed by atoms with Crippen LogP contribution in [-0.2, 0) is 6.42 Å². The van der Waals surface area contributed by atoms with Crippen molar-refractivity contribution >= 4 is 0 Å². The molecule has 0 amide bonds. The van der Waals surface area contributed by atoms with Gasteiger partial charge in [0.2, 0.25) is 0 Å². The number of aliphatic hydroxyl groups excluding tert-OH is 2. The zero-order chi connectivity index (χ0) is 22.3. The number of rotatable bonds is 7. The number of benzene rings is 1. The highest BCUT2D eigenvalue weighted by Gasteiger charge is 2.58. The van der Waals surface area contributed by atoms with Crippen LogP contribution in [0.15, 0.2) is 18.2 Å². The minimum Gasteiger partial charge on any atom is -0.491 e. The summed E-state index contributed by atoms with van der Waals surface area (Å²) in [4.78, 5) is 2.26. The Morgan fingerprint density at radius 1 is 1.26 bits per heavy atom. The van der Waals surface area contributed by atoms with Crippen LogP contribution in [0.25, 0.3) is 0 Å². The maximum Gasteiger partial charge on any atom is 0.119 e. The van der Waals surface area contributed by atoms with Crippen molar-refractivity contribution in [2.24, 2.45) is 17.3 Å². The Bertz CT molecular complexity index is 767. The molecule has 31 heavy (non-hydrogen) atoms. The number of aliphatic hydroxyl groups is 2. The highest BCUT2D eigenvalue weighted by molar-refractivity contribution is 5.41. The summed E-state index contributed by atoms with van der Waals surface area (Å²) in [5.41, 5.74) is 3.13. The minimum absolute atomic E-state index is 0.211. The van der Waals surface area contributed by atoms with Crippen LogP contribution in [0.2, 0.25) is 0 Å². The van der Waals surface area contributed by atoms with E-state index in [1.165, 1.54) is 30.4 Å². The van der Waals surface area contributed by atoms with Crippen LogP contribution >= 0.6 is 0 Å². The topological polar surface area (TPSA) is 65.0 Å². The number of likely N-dealkylation sites (N-methyl/N-ethyl adjacent to an activating group) is 1. The zero-order valence-electron chi connectivity index (χ0n) is 20.0. The quantitative estimate of drug-likeness (QED) is 0.620. The van der Waals surface area contributed by atoms with Crippen LogP contribution in [0.1, 0.15) is 63.5 Å². The molecule has 5 heteroatoms. The van der Waals surface area contributed by atoms with E-state index in [1.807, 2.05) is 0 Å². The first kappa shape index (κ1) is 23.0. The lowest BCUT2D eigenvalue weighted by atomic mass is 9.55. The van der Waals surface area contributed by atoms with Crippen molar-refractivity contribution in [3.05, 3.63) is 29.3 Å². The maximum absolute atomic E-state index is 10.9. The number of hydrogen-bond donors (Lipinski definition) is 3. The summed E-state index contributed by atoms with van der Waals surface area (Å²) >= 11 is 0. The molecule has 3 aliphatic carbocycles. The molecule has 2 fully saturated rings. The first-order chi connectivity index (χ1) is 14.7. The Hall–Kier alpha value is -1.14. The predicted molar refractivity (Wildman–Crippen MR) is 125 cm³/mol. The van der Waals surface area contributed by atoms with E-state index in [4.69, 9.17) is 4.74 Å². The molecule has 1 aromatic rings. The molecule has 0 aliphatic heterocycles. The fourth-order valence-electron chi connectivity index (χ4n) is 7.19. The summed E-state index contributed by atoms with van der Waals surface area (Å²) in [7, 11) is 4.25. The van der Waals surface area contributed by atoms with Crippen molar-refractivity contribution in [2.45, 2.75) is 83.1 Å². The van der Waals surface area contributed by atoms with E-state index >= 15 is 0 Å². The summed E-state index contributed by atoms with van der Waals surface area (Å²) < 4.78 is 5.91. The molecule has 0 aromatic heterocycles. The highest BCUT2D eigenvalue weighted by Crippen LogP contribution is 2.61. The maximum atomic E-state index is 10.9. The lowest BCUT2D eigenvalue weighted by Crippen LogP contribution is -2.50. The van der Waals surface area contributed by atoms with E-state index < -0.39 is 6.10 Å². The Morgan fingerprint density at radius 3 is 2.74 bits per heavy atom. The monoisotopic (exact) mass is 430 g/mol. The van der Waals surface area contributed by atoms with Gasteiger partial charge in [0.1, 0.15) is 18.5 Å². The molecule has 174 valence electrons. The van der Waals surface area contributed by atoms with Crippen molar-refractivity contribution in [3.63, 3.8) is 0 Å². The zero-order valence-corrected chi connectivity index (χ0v) is 20.0. The smallest absolute Gasteiger partial charge is 0.119 e. The van der Waals surface area contributed by atoms with Gasteiger partial charge < -0.3 is 25.2 Å². The van der Waals surface area contributed by atoms with Gasteiger partial charge in [0.15, 0.2) is 0 Å². The lowest BCUT2D eigenvalue weighted by molar-refractivity contribution is -0.00209. The summed E-state index contributed by atoms with van der Waals surface area (Å²) in [5, 5.41) is 24.2. The first-order valence-electron chi connectivity index (χ1n) is 12.2. The third-order valence-corrected chi connectivity index (χ3v) is 8.43. The van der Waals surface area contributed by atoms with Gasteiger partial charge in [-0.15, -0.1) is 0 Å². The van der Waals surface area contributed by atoms with Crippen molar-refractivity contribution in [1.29, 1.82) is 0 Å². The molecule has 7 atom stereocenters. The van der Waals surface area contributed by atoms with Gasteiger partial charge >= 0.3 is 0 Å². The number of nitrogens with zero attached hydrogens (tertiary/aromatic N) is 1. The Balaban J connectivity index is 1.45. The molecule has 0 heterocycles. The van der Waals surface area contributed by atoms with Crippen molar-refractivity contribution in [2.75, 3.05) is 27.2 Å². The van der Waals surface area contributed by atoms with Gasteiger partial charge in [-0.3, -0.25) is 0 Å². The molecule has 0 bridgehead atoms. The second kappa shape index (κ2) is 9.01. The van der Waals surface area contributed by atoms with Gasteiger partial charge in [0.25, 0.3) is 0 Å². The molecule has 0 saturated heterocycles. The molecular formula is C26H42N2O3. The average Bonchev–Trinajstić information content (AvgIpc) is 3.00. The summed E-state index contributed by atoms with van der Waals surface area (Å²) in [6, 6.07) is 7.19. The molecule has 0 spiro atoms. The minimum atomic E-state index is -0.503. The normalized spacial score (nSPS) is 35.6. The number of nitrogens with one attached hydrogen (secondary N) is 1. The number of hydrogen-bond acceptors (Lipinski definition) is 5. The van der Waals surface area contributed by atoms with Gasteiger partial charge in [-0.05, 0) is 92.6 Å². The van der Waals surface area contributed by atoms with Crippen molar-refractivity contribution in [3.8, 4) is 5.75 Å². The molecule has 5 nitrogen and oxygen atoms in total. The van der Waals surface area contributed by atoms with Gasteiger partial charge in [0, 0.05) is 18.6 Å². The van der Waals surface area contributed by atoms with Gasteiger partial charge in [-0.25, -0.2) is 0 Å². The summed E-state index contributed by atoms with van der Waals surface area (Å²) in [6.07, 6.45) is 4.91. The van der Waals surface area contributed by atoms with Crippen LogP contribution in [0.5, 0.6) is 5.75 Å². The molecule has 1 aromatic carbocycles. The third kappa shape index (κ3) is 4.39. The molecule has 3 N–H and O–H groups in total. The lowest BCUT2D eigenvalue weighted by Gasteiger charge is -2.51. The Kier molecular flexibility index (Phi) is 6.69. The average molecular weight is 431 g/mol. The standard InChI is InChI=1S/C26H42N2O3/c1-16(2)27-14-18(29)15-31-19-7-9-20-17(12-19)6-8-22-21(20)10-11-26(3)23(22)13-24(30)25(26)28(4)5/h7,9,12,16,18,21-25,27,29-30H,6,8,10-11,13-15H2,1-5H3/t18?,21-,22-,23+,24-,25?,26+/m1/s1. The number of aryl methyl sites for hydroxylation is 1. The molecule has 2 saturated carbocycles. The van der Waals surface area contributed by atoms with Crippen molar-refractivity contribution < 1.29 is 14.9 Å². The Morgan fingerprint density at radius 2 is 2.03 bits per heavy atom. The van der Waals surface area contributed by atoms with E-state index in [1.54, 1.807) is 0 Å². The van der Waals surface area contributed by atoms with E-state index in [2.05, 4.69) is 63.3 Å². The van der Waals surface area contributed by atoms with Crippen LogP contribution < -0.4 is 10.1 Å². The molecule has 3 aliphatic rings. The number of fused-ring (bicyclic) bond motifs is 5. The van der Waals surface area contributed by atoms with Gasteiger partial charge in [-0.2, -0.15) is 0 Å². The molecule has 0 radical (unpaired) electrons. The van der Waals surface area contributed by atoms with Crippen molar-refractivity contribution in [1.82, 2.24) is 10.2 Å². The van der Waals surface area contributed by atoms with Crippen LogP contribution in [0.4, 0.5) is 0 Å². The van der Waals surface area contributed by atoms with Crippen LogP contribution in [0, 0.1) is 17.3 Å². The van der Waals surface area contributed by atoms with E-state index in [0.29, 0.717) is 36.9 Å². The molecule has 2 unspecified atom stereocenters. The van der Waals surface area contributed by atoms with Crippen LogP contribution in [-0.4, -0.2) is 66.7 Å². The molecule has 4 rings (SSSR count). The summed E-state index contributed by atoms with van der Waals surface area (Å²) in [6.45, 7) is 7.44. The van der Waals surface area contributed by atoms with Gasteiger partial charge in [0.05, 0.1) is 6.10 Å². The number of ether oxygens (including phenoxy) is 1. The van der Waals surface area contributed by atoms with E-state index in [-0.39, 0.29) is 17.6 Å². The first-order valence-corrected chi connectivity index (χ1v) is 12.2. The fraction of sp³-hybridized carbons (Fsp3) is 0.769. The second-order valence-electron chi connectivity index (χ2n) is 11.1. The van der Waals surface area contributed by atoms with E-state index in [9.17, 15) is 10.2 Å². The third-order valence-electron chi connectivity index (χ3n) is 8.43. The fourth-order valence-corrected chi connectivity index (χ4v) is 7.19. The molecular weight excluding hydrogens is 388 g/mol. The summed E-state index contributed by atoms with van der Waals surface area (Å²) in [5.74, 6) is 2.73. The highest BCUT2D eigenvalue weighted by atomic mass is 16.5. The van der Waals surface area contributed by atoms with Gasteiger partial charge in [-0.1, -0.05) is 26.8 Å². The van der Waals surface area contributed by atoms with Crippen LogP contribution in [0.3, 0.4) is 0 Å². The second-order valence-corrected chi connectivity index (χ2v) is 11.1. The SMILES string of the molecule is CC(C)NCC(O)COc1ccc2c(c1)CC[C@@H]1[C@@H]2CC[C@]2(C)C(N(C)C)[C@H](O)C[C@@H]12. The predicted octanol–water partition coefficient (Wildman–Crippen LogP) is 3.18. The Labute approximate surface area is 188 Å². The van der Waals surface area contributed by atoms with E-state index in [0.717, 1.165) is 18.6 Å².